The van der Waals surface area contributed by atoms with E-state index in [2.05, 4.69) is 66.8 Å². The van der Waals surface area contributed by atoms with Crippen molar-refractivity contribution in [3.05, 3.63) is 54.6 Å². The van der Waals surface area contributed by atoms with Gasteiger partial charge in [-0.25, -0.2) is 0 Å². The van der Waals surface area contributed by atoms with Crippen LogP contribution in [-0.2, 0) is 0 Å². The van der Waals surface area contributed by atoms with E-state index in [1.54, 1.807) is 0 Å². The lowest BCUT2D eigenvalue weighted by Gasteiger charge is -2.30. The molecule has 0 aliphatic rings. The first kappa shape index (κ1) is 16.1. The van der Waals surface area contributed by atoms with Crippen molar-refractivity contribution < 1.29 is 5.11 Å². The molecule has 0 bridgehead atoms. The highest BCUT2D eigenvalue weighted by atomic mass is 16.3. The predicted octanol–water partition coefficient (Wildman–Crippen LogP) is 4.83. The van der Waals surface area contributed by atoms with Gasteiger partial charge in [-0.05, 0) is 45.8 Å². The van der Waals surface area contributed by atoms with E-state index < -0.39 is 5.66 Å². The van der Waals surface area contributed by atoms with Crippen molar-refractivity contribution in [3.63, 3.8) is 0 Å². The van der Waals surface area contributed by atoms with Crippen molar-refractivity contribution in [1.82, 2.24) is 0 Å². The number of hydrogen-bond donors (Lipinski definition) is 3. The Balaban J connectivity index is 1.90. The van der Waals surface area contributed by atoms with Gasteiger partial charge in [0, 0.05) is 11.1 Å². The van der Waals surface area contributed by atoms with Gasteiger partial charge in [0.1, 0.15) is 5.66 Å². The molecule has 0 aliphatic heterocycles. The Labute approximate surface area is 147 Å². The van der Waals surface area contributed by atoms with Crippen LogP contribution in [0.1, 0.15) is 26.2 Å². The molecule has 4 N–H and O–H groups in total. The summed E-state index contributed by atoms with van der Waals surface area (Å²) in [6.45, 7) is 2.04. The van der Waals surface area contributed by atoms with E-state index in [4.69, 9.17) is 5.73 Å². The summed E-state index contributed by atoms with van der Waals surface area (Å²) in [5.41, 5.74) is 6.62. The summed E-state index contributed by atoms with van der Waals surface area (Å²) in [7, 11) is 0. The largest absolute Gasteiger partial charge is 0.393 e. The minimum absolute atomic E-state index is 0.0883. The van der Waals surface area contributed by atoms with Crippen LogP contribution in [0.3, 0.4) is 0 Å². The maximum absolute atomic E-state index is 9.83. The number of nitrogens with one attached hydrogen (secondary N) is 1. The topological polar surface area (TPSA) is 58.3 Å². The first-order valence-electron chi connectivity index (χ1n) is 9.00. The number of nitrogens with two attached hydrogens (primary N) is 1. The average Bonchev–Trinajstić information content (AvgIpc) is 2.65. The van der Waals surface area contributed by atoms with Gasteiger partial charge in [-0.3, -0.25) is 0 Å². The summed E-state index contributed by atoms with van der Waals surface area (Å²) in [6.07, 6.45) is 2.77. The Bertz CT molecular complexity index is 1010. The number of aliphatic hydroxyl groups excluding tert-OH is 1. The highest BCUT2D eigenvalue weighted by Crippen LogP contribution is 2.38. The maximum Gasteiger partial charge on any atom is 0.109 e. The van der Waals surface area contributed by atoms with Gasteiger partial charge < -0.3 is 16.2 Å². The third-order valence-electron chi connectivity index (χ3n) is 5.17. The number of anilines is 1. The third kappa shape index (κ3) is 2.70. The second-order valence-electron chi connectivity index (χ2n) is 7.01. The standard InChI is InChI=1S/C22H24N2O/c1-2-3-13-22(23,14-25)24-19-12-10-17-8-7-15-5-4-6-16-9-11-18(19)21(17)20(15)16/h4-12,24-25H,2-3,13-14,23H2,1H3. The molecule has 0 aliphatic carbocycles. The fourth-order valence-corrected chi connectivity index (χ4v) is 3.79. The molecule has 3 heteroatoms. The molecule has 1 unspecified atom stereocenters. The molecule has 25 heavy (non-hydrogen) atoms. The highest BCUT2D eigenvalue weighted by Gasteiger charge is 2.24. The van der Waals surface area contributed by atoms with Crippen LogP contribution in [0.4, 0.5) is 5.69 Å². The van der Waals surface area contributed by atoms with Crippen LogP contribution in [0.25, 0.3) is 32.3 Å². The van der Waals surface area contributed by atoms with Gasteiger partial charge in [0.2, 0.25) is 0 Å². The van der Waals surface area contributed by atoms with Crippen LogP contribution in [-0.4, -0.2) is 17.4 Å². The van der Waals surface area contributed by atoms with Crippen molar-refractivity contribution in [2.24, 2.45) is 5.73 Å². The second-order valence-corrected chi connectivity index (χ2v) is 7.01. The Hall–Kier alpha value is -2.36. The van der Waals surface area contributed by atoms with Crippen molar-refractivity contribution in [2.45, 2.75) is 31.8 Å². The molecule has 0 heterocycles. The zero-order valence-corrected chi connectivity index (χ0v) is 14.5. The molecule has 0 radical (unpaired) electrons. The van der Waals surface area contributed by atoms with Crippen molar-refractivity contribution in [1.29, 1.82) is 0 Å². The SMILES string of the molecule is CCCCC(N)(CO)Nc1ccc2ccc3cccc4ccc1c2c34. The van der Waals surface area contributed by atoms with Crippen LogP contribution in [0, 0.1) is 0 Å². The summed E-state index contributed by atoms with van der Waals surface area (Å²) in [5.74, 6) is 0. The van der Waals surface area contributed by atoms with E-state index in [9.17, 15) is 5.11 Å². The van der Waals surface area contributed by atoms with E-state index in [-0.39, 0.29) is 6.61 Å². The summed E-state index contributed by atoms with van der Waals surface area (Å²) in [6, 6.07) is 19.3. The molecule has 0 aromatic heterocycles. The normalized spacial score (nSPS) is 14.4. The summed E-state index contributed by atoms with van der Waals surface area (Å²) in [4.78, 5) is 0. The number of rotatable bonds is 6. The first-order chi connectivity index (χ1) is 12.1. The Kier molecular flexibility index (Phi) is 3.98. The molecule has 0 fully saturated rings. The van der Waals surface area contributed by atoms with E-state index in [0.717, 1.165) is 30.3 Å². The molecule has 0 saturated carbocycles. The van der Waals surface area contributed by atoms with Gasteiger partial charge in [-0.2, -0.15) is 0 Å². The Morgan fingerprint density at radius 2 is 1.56 bits per heavy atom. The number of unbranched alkanes of at least 4 members (excludes halogenated alkanes) is 1. The van der Waals surface area contributed by atoms with Crippen molar-refractivity contribution in [3.8, 4) is 0 Å². The van der Waals surface area contributed by atoms with Gasteiger partial charge in [0.05, 0.1) is 6.61 Å². The number of hydrogen-bond acceptors (Lipinski definition) is 3. The molecular formula is C22H24N2O. The zero-order chi connectivity index (χ0) is 17.4. The number of benzene rings is 4. The molecular weight excluding hydrogens is 308 g/mol. The van der Waals surface area contributed by atoms with E-state index in [1.807, 2.05) is 0 Å². The fraction of sp³-hybridized carbons (Fsp3) is 0.273. The molecule has 0 amide bonds. The lowest BCUT2D eigenvalue weighted by atomic mass is 9.93. The molecule has 3 nitrogen and oxygen atoms in total. The summed E-state index contributed by atoms with van der Waals surface area (Å²) < 4.78 is 0. The minimum Gasteiger partial charge on any atom is -0.393 e. The van der Waals surface area contributed by atoms with Gasteiger partial charge in [-0.1, -0.05) is 61.9 Å². The van der Waals surface area contributed by atoms with Crippen LogP contribution >= 0.6 is 0 Å². The Morgan fingerprint density at radius 1 is 0.920 bits per heavy atom. The zero-order valence-electron chi connectivity index (χ0n) is 14.5. The van der Waals surface area contributed by atoms with Crippen LogP contribution in [0.5, 0.6) is 0 Å². The molecule has 1 atom stereocenters. The maximum atomic E-state index is 9.83. The molecule has 4 rings (SSSR count). The highest BCUT2D eigenvalue weighted by molar-refractivity contribution is 6.25. The molecule has 0 saturated heterocycles. The predicted molar refractivity (Wildman–Crippen MR) is 107 cm³/mol. The summed E-state index contributed by atoms with van der Waals surface area (Å²) in [5, 5.41) is 20.7. The molecule has 128 valence electrons. The van der Waals surface area contributed by atoms with Crippen molar-refractivity contribution in [2.75, 3.05) is 11.9 Å². The van der Waals surface area contributed by atoms with Crippen LogP contribution in [0.15, 0.2) is 54.6 Å². The molecule has 4 aromatic rings. The van der Waals surface area contributed by atoms with Crippen LogP contribution in [0.2, 0.25) is 0 Å². The van der Waals surface area contributed by atoms with E-state index in [1.165, 1.54) is 26.9 Å². The Morgan fingerprint density at radius 3 is 2.24 bits per heavy atom. The van der Waals surface area contributed by atoms with Crippen LogP contribution < -0.4 is 11.1 Å². The quantitative estimate of drug-likeness (QED) is 0.350. The lowest BCUT2D eigenvalue weighted by Crippen LogP contribution is -2.51. The van der Waals surface area contributed by atoms with Crippen molar-refractivity contribution >= 4 is 38.0 Å². The second kappa shape index (κ2) is 6.17. The fourth-order valence-electron chi connectivity index (χ4n) is 3.79. The minimum atomic E-state index is -0.793. The van der Waals surface area contributed by atoms with Gasteiger partial charge >= 0.3 is 0 Å². The number of aliphatic hydroxyl groups is 1. The molecule has 4 aromatic carbocycles. The van der Waals surface area contributed by atoms with Gasteiger partial charge in [0.25, 0.3) is 0 Å². The smallest absolute Gasteiger partial charge is 0.109 e. The average molecular weight is 332 g/mol. The summed E-state index contributed by atoms with van der Waals surface area (Å²) >= 11 is 0. The van der Waals surface area contributed by atoms with E-state index >= 15 is 0 Å². The monoisotopic (exact) mass is 332 g/mol. The lowest BCUT2D eigenvalue weighted by molar-refractivity contribution is 0.204. The van der Waals surface area contributed by atoms with Gasteiger partial charge in [-0.15, -0.1) is 0 Å². The van der Waals surface area contributed by atoms with E-state index in [0.29, 0.717) is 0 Å². The van der Waals surface area contributed by atoms with Gasteiger partial charge in [0.15, 0.2) is 0 Å². The third-order valence-corrected chi connectivity index (χ3v) is 5.17. The molecule has 0 spiro atoms. The first-order valence-corrected chi connectivity index (χ1v) is 9.00.